The minimum absolute atomic E-state index is 0.367. The van der Waals surface area contributed by atoms with E-state index in [2.05, 4.69) is 0 Å². The average Bonchev–Trinajstić information content (AvgIpc) is 2.73. The molecule has 0 spiro atoms. The van der Waals surface area contributed by atoms with E-state index in [9.17, 15) is 9.59 Å². The van der Waals surface area contributed by atoms with E-state index in [4.69, 9.17) is 32.7 Å². The van der Waals surface area contributed by atoms with Gasteiger partial charge >= 0.3 is 11.9 Å². The Morgan fingerprint density at radius 2 is 0.897 bits per heavy atom. The van der Waals surface area contributed by atoms with Crippen LogP contribution in [0.4, 0.5) is 0 Å². The molecule has 0 N–H and O–H groups in total. The Balaban J connectivity index is 4.14. The third-order valence-corrected chi connectivity index (χ3v) is 6.05. The van der Waals surface area contributed by atoms with Gasteiger partial charge in [-0.25, -0.2) is 0 Å². The van der Waals surface area contributed by atoms with Crippen molar-refractivity contribution in [3.05, 3.63) is 0 Å². The molecule has 0 aliphatic carbocycles. The van der Waals surface area contributed by atoms with Crippen molar-refractivity contribution in [3.8, 4) is 0 Å². The number of ether oxygens (including phenoxy) is 2. The molecule has 0 aromatic carbocycles. The van der Waals surface area contributed by atoms with Crippen LogP contribution in [-0.2, 0) is 19.1 Å². The predicted octanol–water partition coefficient (Wildman–Crippen LogP) is 7.04. The van der Waals surface area contributed by atoms with E-state index < -0.39 is 17.4 Å². The number of rotatable bonds is 20. The molecule has 29 heavy (non-hydrogen) atoms. The van der Waals surface area contributed by atoms with Gasteiger partial charge in [0.15, 0.2) is 5.41 Å². The summed E-state index contributed by atoms with van der Waals surface area (Å²) in [6.07, 6.45) is 13.5. The fourth-order valence-corrected chi connectivity index (χ4v) is 3.70. The van der Waals surface area contributed by atoms with Crippen molar-refractivity contribution in [3.63, 3.8) is 0 Å². The number of esters is 2. The standard InChI is InChI=1S/C23H42Cl2O4/c1-3-23(4-2,21(26)28-19-15-11-7-5-9-13-17-24)22(27)29-20-16-12-8-6-10-14-18-25/h3-20H2,1-2H3. The normalized spacial score (nSPS) is 11.4. The van der Waals surface area contributed by atoms with Gasteiger partial charge in [0.2, 0.25) is 0 Å². The van der Waals surface area contributed by atoms with Crippen molar-refractivity contribution in [2.45, 2.75) is 104 Å². The molecule has 0 rings (SSSR count). The second-order valence-electron chi connectivity index (χ2n) is 7.68. The lowest BCUT2D eigenvalue weighted by molar-refractivity contribution is -0.173. The van der Waals surface area contributed by atoms with Crippen molar-refractivity contribution in [1.82, 2.24) is 0 Å². The van der Waals surface area contributed by atoms with Gasteiger partial charge < -0.3 is 9.47 Å². The topological polar surface area (TPSA) is 52.6 Å². The van der Waals surface area contributed by atoms with Gasteiger partial charge in [0, 0.05) is 11.8 Å². The lowest BCUT2D eigenvalue weighted by atomic mass is 9.82. The summed E-state index contributed by atoms with van der Waals surface area (Å²) in [5, 5.41) is 0. The molecule has 0 heterocycles. The molecule has 0 amide bonds. The number of carbonyl (C=O) groups excluding carboxylic acids is 2. The number of halogens is 2. The first-order valence-electron chi connectivity index (χ1n) is 11.5. The maximum Gasteiger partial charge on any atom is 0.323 e. The van der Waals surface area contributed by atoms with Crippen molar-refractivity contribution in [1.29, 1.82) is 0 Å². The van der Waals surface area contributed by atoms with E-state index in [-0.39, 0.29) is 0 Å². The maximum absolute atomic E-state index is 12.6. The minimum atomic E-state index is -1.17. The Kier molecular flexibility index (Phi) is 19.2. The molecule has 0 aromatic heterocycles. The quantitative estimate of drug-likeness (QED) is 0.0859. The molecule has 0 saturated carbocycles. The molecular formula is C23H42Cl2O4. The van der Waals surface area contributed by atoms with Gasteiger partial charge in [0.05, 0.1) is 13.2 Å². The minimum Gasteiger partial charge on any atom is -0.465 e. The van der Waals surface area contributed by atoms with E-state index >= 15 is 0 Å². The second-order valence-corrected chi connectivity index (χ2v) is 8.44. The van der Waals surface area contributed by atoms with Gasteiger partial charge in [-0.2, -0.15) is 0 Å². The molecule has 0 bridgehead atoms. The third-order valence-electron chi connectivity index (χ3n) is 5.51. The number of unbranched alkanes of at least 4 members (excludes halogenated alkanes) is 10. The first-order valence-corrected chi connectivity index (χ1v) is 12.6. The van der Waals surface area contributed by atoms with Crippen molar-refractivity contribution < 1.29 is 19.1 Å². The zero-order valence-corrected chi connectivity index (χ0v) is 20.1. The summed E-state index contributed by atoms with van der Waals surface area (Å²) in [6, 6.07) is 0. The lowest BCUT2D eigenvalue weighted by Gasteiger charge is -2.27. The summed E-state index contributed by atoms with van der Waals surface area (Å²) >= 11 is 11.3. The Bertz CT molecular complexity index is 378. The summed E-state index contributed by atoms with van der Waals surface area (Å²) in [4.78, 5) is 25.3. The number of alkyl halides is 2. The van der Waals surface area contributed by atoms with Crippen molar-refractivity contribution >= 4 is 35.1 Å². The Labute approximate surface area is 188 Å². The molecule has 0 unspecified atom stereocenters. The average molecular weight is 453 g/mol. The van der Waals surface area contributed by atoms with Gasteiger partial charge in [-0.3, -0.25) is 9.59 Å². The van der Waals surface area contributed by atoms with E-state index in [1.165, 1.54) is 0 Å². The summed E-state index contributed by atoms with van der Waals surface area (Å²) in [7, 11) is 0. The van der Waals surface area contributed by atoms with Crippen molar-refractivity contribution in [2.24, 2.45) is 5.41 Å². The maximum atomic E-state index is 12.6. The number of hydrogen-bond donors (Lipinski definition) is 0. The van der Waals surface area contributed by atoms with Crippen LogP contribution in [-0.4, -0.2) is 36.9 Å². The van der Waals surface area contributed by atoms with Gasteiger partial charge in [-0.15, -0.1) is 23.2 Å². The molecule has 0 aliphatic rings. The van der Waals surface area contributed by atoms with Crippen LogP contribution in [0.1, 0.15) is 104 Å². The highest BCUT2D eigenvalue weighted by molar-refractivity contribution is 6.18. The first kappa shape index (κ1) is 28.5. The van der Waals surface area contributed by atoms with Gasteiger partial charge in [-0.05, 0) is 38.5 Å². The molecule has 4 nitrogen and oxygen atoms in total. The largest absolute Gasteiger partial charge is 0.465 e. The Hall–Kier alpha value is -0.480. The van der Waals surface area contributed by atoms with Crippen LogP contribution >= 0.6 is 23.2 Å². The zero-order chi connectivity index (χ0) is 21.8. The molecule has 0 aromatic rings. The van der Waals surface area contributed by atoms with Crippen molar-refractivity contribution in [2.75, 3.05) is 25.0 Å². The van der Waals surface area contributed by atoms with E-state index in [1.54, 1.807) is 0 Å². The highest BCUT2D eigenvalue weighted by Gasteiger charge is 2.45. The van der Waals surface area contributed by atoms with E-state index in [0.717, 1.165) is 88.8 Å². The smallest absolute Gasteiger partial charge is 0.323 e. The number of hydrogen-bond acceptors (Lipinski definition) is 4. The molecule has 6 heteroatoms. The molecule has 0 fully saturated rings. The predicted molar refractivity (Wildman–Crippen MR) is 122 cm³/mol. The fraction of sp³-hybridized carbons (Fsp3) is 0.913. The van der Waals surface area contributed by atoms with Gasteiger partial charge in [0.1, 0.15) is 0 Å². The first-order chi connectivity index (χ1) is 14.1. The van der Waals surface area contributed by atoms with Gasteiger partial charge in [0.25, 0.3) is 0 Å². The molecule has 0 radical (unpaired) electrons. The third kappa shape index (κ3) is 12.7. The lowest BCUT2D eigenvalue weighted by Crippen LogP contribution is -2.41. The monoisotopic (exact) mass is 452 g/mol. The van der Waals surface area contributed by atoms with Crippen LogP contribution < -0.4 is 0 Å². The second kappa shape index (κ2) is 19.5. The Morgan fingerprint density at radius 3 is 1.21 bits per heavy atom. The number of carbonyl (C=O) groups is 2. The Morgan fingerprint density at radius 1 is 0.586 bits per heavy atom. The molecule has 0 saturated heterocycles. The molecule has 0 atom stereocenters. The highest BCUT2D eigenvalue weighted by Crippen LogP contribution is 2.30. The van der Waals surface area contributed by atoms with Crippen LogP contribution in [0.5, 0.6) is 0 Å². The van der Waals surface area contributed by atoms with Crippen LogP contribution in [0.3, 0.4) is 0 Å². The zero-order valence-electron chi connectivity index (χ0n) is 18.6. The van der Waals surface area contributed by atoms with Crippen LogP contribution in [0.15, 0.2) is 0 Å². The summed E-state index contributed by atoms with van der Waals surface area (Å²) in [6.45, 7) is 4.43. The molecular weight excluding hydrogens is 411 g/mol. The summed E-state index contributed by atoms with van der Waals surface area (Å²) in [5.41, 5.74) is -1.17. The van der Waals surface area contributed by atoms with Gasteiger partial charge in [-0.1, -0.05) is 65.2 Å². The summed E-state index contributed by atoms with van der Waals surface area (Å²) in [5.74, 6) is 0.572. The molecule has 0 aliphatic heterocycles. The SMILES string of the molecule is CCC(CC)(C(=O)OCCCCCCCCCl)C(=O)OCCCCCCCCCl. The van der Waals surface area contributed by atoms with E-state index in [0.29, 0.717) is 26.1 Å². The molecule has 172 valence electrons. The van der Waals surface area contributed by atoms with Crippen LogP contribution in [0.2, 0.25) is 0 Å². The fourth-order valence-electron chi connectivity index (χ4n) is 3.32. The van der Waals surface area contributed by atoms with Crippen LogP contribution in [0.25, 0.3) is 0 Å². The van der Waals surface area contributed by atoms with Crippen LogP contribution in [0, 0.1) is 5.41 Å². The highest BCUT2D eigenvalue weighted by atomic mass is 35.5. The summed E-state index contributed by atoms with van der Waals surface area (Å²) < 4.78 is 10.9. The van der Waals surface area contributed by atoms with E-state index in [1.807, 2.05) is 13.8 Å².